The molecule has 10 atom stereocenters. The lowest BCUT2D eigenvalue weighted by Gasteiger charge is -2.45. The first-order valence-corrected chi connectivity index (χ1v) is 19.5. The van der Waals surface area contributed by atoms with Gasteiger partial charge in [-0.3, -0.25) is 0 Å². The Balaban J connectivity index is 1.35. The summed E-state index contributed by atoms with van der Waals surface area (Å²) >= 11 is 0. The van der Waals surface area contributed by atoms with Crippen LogP contribution in [0.2, 0.25) is 0 Å². The number of rotatable bonds is 34. The van der Waals surface area contributed by atoms with Crippen molar-refractivity contribution in [2.24, 2.45) is 0 Å². The molecule has 0 spiro atoms. The Bertz CT molecular complexity index is 827. The number of unbranched alkanes of at least 4 members (excludes halogenated alkanes) is 9. The molecule has 0 saturated carbocycles. The first kappa shape index (κ1) is 48.5. The molecule has 0 aliphatic carbocycles. The molecule has 0 bridgehead atoms. The molecule has 2 aliphatic heterocycles. The molecule has 2 fully saturated rings. The summed E-state index contributed by atoms with van der Waals surface area (Å²) in [4.78, 5) is 0. The van der Waals surface area contributed by atoms with Crippen molar-refractivity contribution in [2.75, 3.05) is 99.1 Å². The van der Waals surface area contributed by atoms with E-state index in [1.165, 1.54) is 57.8 Å². The second kappa shape index (κ2) is 31.4. The Morgan fingerprint density at radius 3 is 1.26 bits per heavy atom. The van der Waals surface area contributed by atoms with E-state index in [1.54, 1.807) is 0 Å². The monoisotopic (exact) mass is 774 g/mol. The lowest BCUT2D eigenvalue weighted by atomic mass is 9.97. The highest BCUT2D eigenvalue weighted by molar-refractivity contribution is 4.94. The minimum atomic E-state index is -1.74. The smallest absolute Gasteiger partial charge is 0.187 e. The number of aliphatic hydroxyl groups excluding tert-OH is 7. The molecule has 17 nitrogen and oxygen atoms in total. The summed E-state index contributed by atoms with van der Waals surface area (Å²) in [5.74, 6) is 0. The molecule has 2 aliphatic rings. The standard InChI is InChI=1S/C36H70O17/c1-2-3-4-5-6-7-8-9-10-11-12-44-13-14-45-15-16-46-17-18-47-19-20-48-21-22-49-23-24-50-35-33(43)31(41)34(28(26-38)52-35)53-36-32(42)30(40)29(39)27(25-37)51-36/h27-43H,2-26H2,1H3/t27-,28?,29-,30?,31+,32?,33?,34+,35+,36-/m0/s1. The van der Waals surface area contributed by atoms with E-state index in [1.807, 2.05) is 0 Å². The highest BCUT2D eigenvalue weighted by atomic mass is 16.7. The summed E-state index contributed by atoms with van der Waals surface area (Å²) in [7, 11) is 0. The van der Waals surface area contributed by atoms with Crippen LogP contribution >= 0.6 is 0 Å². The molecule has 7 N–H and O–H groups in total. The van der Waals surface area contributed by atoms with Crippen molar-refractivity contribution in [3.05, 3.63) is 0 Å². The van der Waals surface area contributed by atoms with Crippen molar-refractivity contribution >= 4 is 0 Å². The summed E-state index contributed by atoms with van der Waals surface area (Å²) in [5, 5.41) is 70.5. The van der Waals surface area contributed by atoms with Crippen molar-refractivity contribution in [1.82, 2.24) is 0 Å². The van der Waals surface area contributed by atoms with Crippen molar-refractivity contribution in [3.8, 4) is 0 Å². The average Bonchev–Trinajstić information content (AvgIpc) is 3.16. The second-order valence-electron chi connectivity index (χ2n) is 13.2. The van der Waals surface area contributed by atoms with Gasteiger partial charge in [0, 0.05) is 6.61 Å². The summed E-state index contributed by atoms with van der Waals surface area (Å²) in [6, 6.07) is 0. The van der Waals surface area contributed by atoms with E-state index in [-0.39, 0.29) is 19.8 Å². The third-order valence-electron chi connectivity index (χ3n) is 8.97. The quantitative estimate of drug-likeness (QED) is 0.0414. The van der Waals surface area contributed by atoms with Gasteiger partial charge in [-0.15, -0.1) is 0 Å². The highest BCUT2D eigenvalue weighted by Gasteiger charge is 2.50. The van der Waals surface area contributed by atoms with Crippen molar-refractivity contribution in [2.45, 2.75) is 133 Å². The summed E-state index contributed by atoms with van der Waals surface area (Å²) < 4.78 is 54.9. The topological polar surface area (TPSA) is 234 Å². The predicted molar refractivity (Wildman–Crippen MR) is 189 cm³/mol. The van der Waals surface area contributed by atoms with Crippen LogP contribution in [0.1, 0.15) is 71.1 Å². The maximum absolute atomic E-state index is 10.7. The van der Waals surface area contributed by atoms with E-state index in [9.17, 15) is 35.7 Å². The minimum Gasteiger partial charge on any atom is -0.394 e. The molecule has 0 amide bonds. The fourth-order valence-corrected chi connectivity index (χ4v) is 5.81. The molecule has 316 valence electrons. The molecule has 17 heteroatoms. The van der Waals surface area contributed by atoms with E-state index in [0.717, 1.165) is 13.0 Å². The molecule has 0 aromatic rings. The Morgan fingerprint density at radius 2 is 0.792 bits per heavy atom. The van der Waals surface area contributed by atoms with Crippen LogP contribution in [0.25, 0.3) is 0 Å². The second-order valence-corrected chi connectivity index (χ2v) is 13.2. The molecule has 0 aromatic carbocycles. The molecular formula is C36H70O17. The Morgan fingerprint density at radius 1 is 0.396 bits per heavy atom. The largest absolute Gasteiger partial charge is 0.394 e. The van der Waals surface area contributed by atoms with Crippen LogP contribution in [0.15, 0.2) is 0 Å². The zero-order valence-corrected chi connectivity index (χ0v) is 31.7. The fourth-order valence-electron chi connectivity index (χ4n) is 5.81. The highest BCUT2D eigenvalue weighted by Crippen LogP contribution is 2.29. The molecule has 53 heavy (non-hydrogen) atoms. The Hall–Kier alpha value is -0.680. The minimum absolute atomic E-state index is 0.00774. The van der Waals surface area contributed by atoms with Crippen molar-refractivity contribution in [1.29, 1.82) is 0 Å². The molecule has 2 rings (SSSR count). The lowest BCUT2D eigenvalue weighted by Crippen LogP contribution is -2.64. The van der Waals surface area contributed by atoms with Gasteiger partial charge in [0.25, 0.3) is 0 Å². The molecule has 4 unspecified atom stereocenters. The van der Waals surface area contributed by atoms with Crippen molar-refractivity contribution in [3.63, 3.8) is 0 Å². The van der Waals surface area contributed by atoms with Gasteiger partial charge < -0.3 is 83.1 Å². The number of hydrogen-bond donors (Lipinski definition) is 7. The van der Waals surface area contributed by atoms with E-state index >= 15 is 0 Å². The maximum Gasteiger partial charge on any atom is 0.187 e. The number of ether oxygens (including phenoxy) is 10. The Kier molecular flexibility index (Phi) is 28.7. The third kappa shape index (κ3) is 20.4. The van der Waals surface area contributed by atoms with Gasteiger partial charge in [0.1, 0.15) is 48.8 Å². The van der Waals surface area contributed by atoms with Gasteiger partial charge in [-0.05, 0) is 6.42 Å². The van der Waals surface area contributed by atoms with Gasteiger partial charge in [-0.1, -0.05) is 64.7 Å². The van der Waals surface area contributed by atoms with Crippen LogP contribution in [0.4, 0.5) is 0 Å². The lowest BCUT2D eigenvalue weighted by molar-refractivity contribution is -0.359. The molecule has 0 aromatic heterocycles. The Labute approximate surface area is 314 Å². The van der Waals surface area contributed by atoms with Crippen LogP contribution < -0.4 is 0 Å². The van der Waals surface area contributed by atoms with E-state index < -0.39 is 74.6 Å². The average molecular weight is 775 g/mol. The van der Waals surface area contributed by atoms with Gasteiger partial charge >= 0.3 is 0 Å². The van der Waals surface area contributed by atoms with Gasteiger partial charge in [-0.2, -0.15) is 0 Å². The van der Waals surface area contributed by atoms with Crippen LogP contribution in [-0.4, -0.2) is 196 Å². The normalized spacial score (nSPS) is 29.2. The van der Waals surface area contributed by atoms with E-state index in [4.69, 9.17) is 47.4 Å². The van der Waals surface area contributed by atoms with Gasteiger partial charge in [-0.25, -0.2) is 0 Å². The van der Waals surface area contributed by atoms with Crippen LogP contribution in [-0.2, 0) is 47.4 Å². The molecule has 2 heterocycles. The zero-order chi connectivity index (χ0) is 38.5. The van der Waals surface area contributed by atoms with Gasteiger partial charge in [0.05, 0.1) is 92.5 Å². The molecular weight excluding hydrogens is 704 g/mol. The van der Waals surface area contributed by atoms with Crippen LogP contribution in [0.3, 0.4) is 0 Å². The predicted octanol–water partition coefficient (Wildman–Crippen LogP) is -0.352. The first-order valence-electron chi connectivity index (χ1n) is 19.5. The first-order chi connectivity index (χ1) is 25.8. The molecule has 0 radical (unpaired) electrons. The maximum atomic E-state index is 10.7. The SMILES string of the molecule is CCCCCCCCCCCCOCCOCCOCCOCCOCCOCCO[C@@H]1OC(CO)[C@@H](O[C@@H]2O[C@@H](CO)[C@H](O)C(O)C2O)[C@H](O)C1O. The summed E-state index contributed by atoms with van der Waals surface area (Å²) in [6.45, 7) is 6.32. The van der Waals surface area contributed by atoms with Gasteiger partial charge in [0.2, 0.25) is 0 Å². The fraction of sp³-hybridized carbons (Fsp3) is 1.00. The van der Waals surface area contributed by atoms with Crippen LogP contribution in [0.5, 0.6) is 0 Å². The third-order valence-corrected chi connectivity index (χ3v) is 8.97. The molecule has 2 saturated heterocycles. The summed E-state index contributed by atoms with van der Waals surface area (Å²) in [5.41, 5.74) is 0. The van der Waals surface area contributed by atoms with Gasteiger partial charge in [0.15, 0.2) is 12.6 Å². The van der Waals surface area contributed by atoms with Crippen molar-refractivity contribution < 1.29 is 83.1 Å². The van der Waals surface area contributed by atoms with E-state index in [0.29, 0.717) is 59.5 Å². The number of aliphatic hydroxyl groups is 7. The number of hydrogen-bond acceptors (Lipinski definition) is 17. The van der Waals surface area contributed by atoms with E-state index in [2.05, 4.69) is 6.92 Å². The zero-order valence-electron chi connectivity index (χ0n) is 31.7. The van der Waals surface area contributed by atoms with Crippen LogP contribution in [0, 0.1) is 0 Å². The summed E-state index contributed by atoms with van der Waals surface area (Å²) in [6.07, 6.45) is -1.92.